The van der Waals surface area contributed by atoms with E-state index in [1.54, 1.807) is 11.1 Å². The van der Waals surface area contributed by atoms with Crippen LogP contribution in [0.3, 0.4) is 0 Å². The minimum Gasteiger partial charge on any atom is -0.429 e. The number of aliphatic hydroxyl groups is 2. The van der Waals surface area contributed by atoms with Crippen molar-refractivity contribution in [1.82, 2.24) is 0 Å². The summed E-state index contributed by atoms with van der Waals surface area (Å²) in [7, 11) is 0. The third-order valence-electron chi connectivity index (χ3n) is 6.75. The Hall–Kier alpha value is -1.69. The summed E-state index contributed by atoms with van der Waals surface area (Å²) in [5, 5.41) is 20.1. The van der Waals surface area contributed by atoms with Gasteiger partial charge < -0.3 is 19.7 Å². The van der Waals surface area contributed by atoms with E-state index in [0.717, 1.165) is 31.3 Å². The summed E-state index contributed by atoms with van der Waals surface area (Å²) in [4.78, 5) is 11.3. The van der Waals surface area contributed by atoms with Gasteiger partial charge in [-0.25, -0.2) is 4.79 Å². The summed E-state index contributed by atoms with van der Waals surface area (Å²) in [6.45, 7) is 9.23. The number of allylic oxidation sites excluding steroid dienone is 4. The van der Waals surface area contributed by atoms with E-state index in [1.165, 1.54) is 30.9 Å². The number of hydrogen-bond donors (Lipinski definition) is 2. The van der Waals surface area contributed by atoms with Crippen molar-refractivity contribution in [2.45, 2.75) is 97.7 Å². The van der Waals surface area contributed by atoms with Crippen LogP contribution in [0.4, 0.5) is 0 Å². The van der Waals surface area contributed by atoms with E-state index < -0.39 is 24.7 Å². The molecule has 3 aliphatic rings. The fourth-order valence-corrected chi connectivity index (χ4v) is 4.91. The highest BCUT2D eigenvalue weighted by Gasteiger charge is 2.34. The van der Waals surface area contributed by atoms with Gasteiger partial charge in [0.25, 0.3) is 0 Å². The van der Waals surface area contributed by atoms with Crippen LogP contribution in [0.1, 0.15) is 79.1 Å². The maximum absolute atomic E-state index is 11.3. The lowest BCUT2D eigenvalue weighted by atomic mass is 9.71. The highest BCUT2D eigenvalue weighted by Crippen LogP contribution is 2.42. The fourth-order valence-electron chi connectivity index (χ4n) is 4.91. The first-order valence-electron chi connectivity index (χ1n) is 11.1. The van der Waals surface area contributed by atoms with Crippen molar-refractivity contribution in [1.29, 1.82) is 0 Å². The van der Waals surface area contributed by atoms with Gasteiger partial charge in [0, 0.05) is 11.6 Å². The van der Waals surface area contributed by atoms with Gasteiger partial charge in [0.15, 0.2) is 6.29 Å². The Balaban J connectivity index is 1.49. The number of esters is 1. The van der Waals surface area contributed by atoms with Gasteiger partial charge in [-0.1, -0.05) is 42.7 Å². The molecule has 5 nitrogen and oxygen atoms in total. The second-order valence-electron chi connectivity index (χ2n) is 9.51. The van der Waals surface area contributed by atoms with Gasteiger partial charge in [0.2, 0.25) is 6.29 Å². The topological polar surface area (TPSA) is 76.0 Å². The van der Waals surface area contributed by atoms with E-state index >= 15 is 0 Å². The maximum atomic E-state index is 11.3. The standard InChI is InChI=1S/C25H36O5/c1-16(10-12-20-17(2)8-6-14-25(20,3)4)7-5-9-18-11-13-21(29-23(18)27)19-15-22(26)30-24(19)28/h7,11,15,21,23-24,27-28H,5-6,8-10,12-14H2,1-4H3/b16-7+/t21-,23+,24?/m1/s1. The molecule has 5 heteroatoms. The Morgan fingerprint density at radius 1 is 1.27 bits per heavy atom. The van der Waals surface area contributed by atoms with Gasteiger partial charge in [0.1, 0.15) is 0 Å². The van der Waals surface area contributed by atoms with Crippen molar-refractivity contribution in [3.05, 3.63) is 46.1 Å². The molecule has 2 heterocycles. The average Bonchev–Trinajstić information content (AvgIpc) is 3.00. The summed E-state index contributed by atoms with van der Waals surface area (Å²) in [5.41, 5.74) is 6.15. The molecule has 0 aromatic rings. The zero-order valence-corrected chi connectivity index (χ0v) is 18.7. The molecule has 1 aliphatic carbocycles. The zero-order valence-electron chi connectivity index (χ0n) is 18.7. The SMILES string of the molecule is CC1=C(CC/C(C)=C/CCC2=CC[C@H](C3=CC(=O)OC3O)O[C@@H]2O)C(C)(C)CCC1. The van der Waals surface area contributed by atoms with Gasteiger partial charge in [-0.05, 0) is 76.2 Å². The molecule has 0 radical (unpaired) electrons. The van der Waals surface area contributed by atoms with E-state index in [2.05, 4.69) is 33.8 Å². The molecule has 3 rings (SSSR count). The molecule has 0 fully saturated rings. The number of aliphatic hydroxyl groups excluding tert-OH is 2. The third-order valence-corrected chi connectivity index (χ3v) is 6.75. The van der Waals surface area contributed by atoms with E-state index in [-0.39, 0.29) is 0 Å². The second kappa shape index (κ2) is 9.63. The molecule has 0 amide bonds. The summed E-state index contributed by atoms with van der Waals surface area (Å²) >= 11 is 0. The van der Waals surface area contributed by atoms with Gasteiger partial charge in [-0.2, -0.15) is 0 Å². The molecule has 0 saturated carbocycles. The molecular formula is C25H36O5. The lowest BCUT2D eigenvalue weighted by Crippen LogP contribution is -2.32. The number of rotatable bonds is 7. The molecule has 2 N–H and O–H groups in total. The van der Waals surface area contributed by atoms with Gasteiger partial charge in [-0.15, -0.1) is 0 Å². The normalized spacial score (nSPS) is 29.6. The minimum absolute atomic E-state index is 0.325. The molecular weight excluding hydrogens is 380 g/mol. The van der Waals surface area contributed by atoms with Crippen molar-refractivity contribution < 1.29 is 24.5 Å². The monoisotopic (exact) mass is 416 g/mol. The summed E-state index contributed by atoms with van der Waals surface area (Å²) < 4.78 is 10.3. The van der Waals surface area contributed by atoms with Crippen LogP contribution in [0.15, 0.2) is 46.1 Å². The van der Waals surface area contributed by atoms with Gasteiger partial charge >= 0.3 is 5.97 Å². The first-order chi connectivity index (χ1) is 14.2. The van der Waals surface area contributed by atoms with Crippen LogP contribution < -0.4 is 0 Å². The Bertz CT molecular complexity index is 783. The van der Waals surface area contributed by atoms with Crippen molar-refractivity contribution >= 4 is 5.97 Å². The van der Waals surface area contributed by atoms with Crippen LogP contribution in [0.25, 0.3) is 0 Å². The number of hydrogen-bond acceptors (Lipinski definition) is 5. The smallest absolute Gasteiger partial charge is 0.333 e. The fraction of sp³-hybridized carbons (Fsp3) is 0.640. The average molecular weight is 417 g/mol. The van der Waals surface area contributed by atoms with Crippen molar-refractivity contribution in [3.8, 4) is 0 Å². The van der Waals surface area contributed by atoms with E-state index in [1.807, 2.05) is 6.08 Å². The predicted molar refractivity (Wildman–Crippen MR) is 116 cm³/mol. The van der Waals surface area contributed by atoms with Crippen LogP contribution in [0, 0.1) is 5.41 Å². The summed E-state index contributed by atoms with van der Waals surface area (Å²) in [6, 6.07) is 0. The van der Waals surface area contributed by atoms with E-state index in [9.17, 15) is 15.0 Å². The molecule has 0 spiro atoms. The molecule has 1 unspecified atom stereocenters. The summed E-state index contributed by atoms with van der Waals surface area (Å²) in [5.74, 6) is -0.575. The van der Waals surface area contributed by atoms with Crippen molar-refractivity contribution in [3.63, 3.8) is 0 Å². The highest BCUT2D eigenvalue weighted by molar-refractivity contribution is 5.85. The zero-order chi connectivity index (χ0) is 21.9. The highest BCUT2D eigenvalue weighted by atomic mass is 16.6. The van der Waals surface area contributed by atoms with E-state index in [0.29, 0.717) is 17.4 Å². The molecule has 2 aliphatic heterocycles. The van der Waals surface area contributed by atoms with E-state index in [4.69, 9.17) is 9.47 Å². The van der Waals surface area contributed by atoms with Crippen molar-refractivity contribution in [2.24, 2.45) is 5.41 Å². The molecule has 166 valence electrons. The first-order valence-corrected chi connectivity index (χ1v) is 11.1. The number of cyclic esters (lactones) is 1. The van der Waals surface area contributed by atoms with Crippen LogP contribution in [0.2, 0.25) is 0 Å². The predicted octanol–water partition coefficient (Wildman–Crippen LogP) is 4.86. The van der Waals surface area contributed by atoms with Crippen LogP contribution in [-0.2, 0) is 14.3 Å². The van der Waals surface area contributed by atoms with Crippen LogP contribution >= 0.6 is 0 Å². The Morgan fingerprint density at radius 2 is 2.03 bits per heavy atom. The molecule has 0 saturated heterocycles. The molecule has 30 heavy (non-hydrogen) atoms. The Labute approximate surface area is 180 Å². The van der Waals surface area contributed by atoms with Crippen molar-refractivity contribution in [2.75, 3.05) is 0 Å². The van der Waals surface area contributed by atoms with Crippen LogP contribution in [0.5, 0.6) is 0 Å². The summed E-state index contributed by atoms with van der Waals surface area (Å²) in [6.07, 6.45) is 10.8. The van der Waals surface area contributed by atoms with Gasteiger partial charge in [0.05, 0.1) is 6.10 Å². The van der Waals surface area contributed by atoms with Crippen LogP contribution in [-0.4, -0.2) is 34.9 Å². The number of carbonyl (C=O) groups excluding carboxylic acids is 1. The second-order valence-corrected chi connectivity index (χ2v) is 9.51. The number of ether oxygens (including phenoxy) is 2. The minimum atomic E-state index is -1.27. The lowest BCUT2D eigenvalue weighted by molar-refractivity contribution is -0.155. The molecule has 0 aromatic carbocycles. The first kappa shape index (κ1) is 23.0. The molecule has 0 bridgehead atoms. The number of carbonyl (C=O) groups is 1. The Kier molecular flexibility index (Phi) is 7.38. The van der Waals surface area contributed by atoms with Gasteiger partial charge in [-0.3, -0.25) is 0 Å². The maximum Gasteiger partial charge on any atom is 0.333 e. The Morgan fingerprint density at radius 3 is 2.67 bits per heavy atom. The third kappa shape index (κ3) is 5.51. The lowest BCUT2D eigenvalue weighted by Gasteiger charge is -2.35. The quantitative estimate of drug-likeness (QED) is 0.458. The largest absolute Gasteiger partial charge is 0.429 e. The molecule has 3 atom stereocenters. The molecule has 0 aromatic heterocycles.